The monoisotopic (exact) mass is 444 g/mol. The Morgan fingerprint density at radius 3 is 2.76 bits per heavy atom. The molecule has 3 aromatic rings. The number of hydrogen-bond acceptors (Lipinski definition) is 5. The lowest BCUT2D eigenvalue weighted by Gasteiger charge is -2.28. The maximum atomic E-state index is 13.1. The van der Waals surface area contributed by atoms with Gasteiger partial charge in [-0.2, -0.15) is 10.4 Å². The van der Waals surface area contributed by atoms with Crippen molar-refractivity contribution in [3.8, 4) is 17.2 Å². The van der Waals surface area contributed by atoms with Gasteiger partial charge in [-0.3, -0.25) is 14.8 Å². The molecule has 8 heteroatoms. The van der Waals surface area contributed by atoms with Crippen LogP contribution in [0.15, 0.2) is 59.5 Å². The SMILES string of the molecule is N#Cc1cccc(-c2c[nH]nc(Cc3cccc(N(CC4CCOCC4)C(=O)O)c3)c2=O)c1. The minimum atomic E-state index is -1.01. The predicted octanol–water partition coefficient (Wildman–Crippen LogP) is 3.81. The zero-order valence-electron chi connectivity index (χ0n) is 18.0. The molecule has 2 heterocycles. The van der Waals surface area contributed by atoms with Gasteiger partial charge in [0.05, 0.1) is 11.6 Å². The highest BCUT2D eigenvalue weighted by Crippen LogP contribution is 2.23. The number of benzene rings is 2. The first-order chi connectivity index (χ1) is 16.0. The second-order valence-corrected chi connectivity index (χ2v) is 8.06. The summed E-state index contributed by atoms with van der Waals surface area (Å²) in [5.41, 5.74) is 2.98. The van der Waals surface area contributed by atoms with Gasteiger partial charge in [0.1, 0.15) is 5.69 Å². The van der Waals surface area contributed by atoms with Crippen molar-refractivity contribution in [1.82, 2.24) is 10.2 Å². The fraction of sp³-hybridized carbons (Fsp3) is 0.280. The second kappa shape index (κ2) is 10.1. The van der Waals surface area contributed by atoms with Gasteiger partial charge in [0.25, 0.3) is 0 Å². The maximum Gasteiger partial charge on any atom is 0.411 e. The van der Waals surface area contributed by atoms with Crippen molar-refractivity contribution < 1.29 is 14.6 Å². The summed E-state index contributed by atoms with van der Waals surface area (Å²) in [6, 6.07) is 16.1. The molecule has 0 aliphatic carbocycles. The number of hydrogen-bond donors (Lipinski definition) is 2. The van der Waals surface area contributed by atoms with E-state index in [0.717, 1.165) is 18.4 Å². The predicted molar refractivity (Wildman–Crippen MR) is 123 cm³/mol. The largest absolute Gasteiger partial charge is 0.465 e. The third-order valence-electron chi connectivity index (χ3n) is 5.82. The Balaban J connectivity index is 1.59. The molecular formula is C25H24N4O4. The Morgan fingerprint density at radius 2 is 2.00 bits per heavy atom. The number of nitriles is 1. The maximum absolute atomic E-state index is 13.1. The number of rotatable bonds is 6. The van der Waals surface area contributed by atoms with Crippen LogP contribution >= 0.6 is 0 Å². The number of ether oxygens (including phenoxy) is 1. The number of amides is 1. The molecule has 1 saturated heterocycles. The fourth-order valence-corrected chi connectivity index (χ4v) is 4.05. The van der Waals surface area contributed by atoms with Gasteiger partial charge < -0.3 is 9.84 Å². The standard InChI is InChI=1S/C25H24N4O4/c26-14-19-4-1-5-20(11-19)22-15-27-28-23(24(22)30)13-18-3-2-6-21(12-18)29(25(31)32)16-17-7-9-33-10-8-17/h1-6,11-12,15,17H,7-10,13,16H2,(H,27,30)(H,31,32). The van der Waals surface area contributed by atoms with Crippen LogP contribution in [0.3, 0.4) is 0 Å². The zero-order chi connectivity index (χ0) is 23.2. The van der Waals surface area contributed by atoms with Crippen LogP contribution in [0.2, 0.25) is 0 Å². The van der Waals surface area contributed by atoms with Gasteiger partial charge >= 0.3 is 6.09 Å². The normalized spacial score (nSPS) is 13.9. The Hall–Kier alpha value is -3.96. The van der Waals surface area contributed by atoms with E-state index >= 15 is 0 Å². The number of H-pyrrole nitrogens is 1. The minimum Gasteiger partial charge on any atom is -0.465 e. The molecule has 0 radical (unpaired) electrons. The van der Waals surface area contributed by atoms with E-state index in [1.807, 2.05) is 6.07 Å². The summed E-state index contributed by atoms with van der Waals surface area (Å²) in [5.74, 6) is 0.254. The van der Waals surface area contributed by atoms with Crippen LogP contribution in [-0.2, 0) is 11.2 Å². The van der Waals surface area contributed by atoms with Gasteiger partial charge in [-0.05, 0) is 54.2 Å². The highest BCUT2D eigenvalue weighted by molar-refractivity contribution is 5.86. The van der Waals surface area contributed by atoms with Crippen LogP contribution < -0.4 is 10.3 Å². The first-order valence-corrected chi connectivity index (χ1v) is 10.8. The number of aromatic nitrogens is 2. The highest BCUT2D eigenvalue weighted by atomic mass is 16.5. The van der Waals surface area contributed by atoms with Crippen LogP contribution in [0, 0.1) is 17.2 Å². The van der Waals surface area contributed by atoms with Gasteiger partial charge in [0.15, 0.2) is 0 Å². The minimum absolute atomic E-state index is 0.230. The molecule has 8 nitrogen and oxygen atoms in total. The highest BCUT2D eigenvalue weighted by Gasteiger charge is 2.22. The summed E-state index contributed by atoms with van der Waals surface area (Å²) in [4.78, 5) is 26.4. The van der Waals surface area contributed by atoms with Crippen LogP contribution in [0.4, 0.5) is 10.5 Å². The van der Waals surface area contributed by atoms with Crippen molar-refractivity contribution in [3.05, 3.63) is 81.8 Å². The van der Waals surface area contributed by atoms with E-state index in [1.165, 1.54) is 11.1 Å². The molecule has 4 rings (SSSR count). The van der Waals surface area contributed by atoms with E-state index in [2.05, 4.69) is 16.3 Å². The molecule has 33 heavy (non-hydrogen) atoms. The smallest absolute Gasteiger partial charge is 0.411 e. The quantitative estimate of drug-likeness (QED) is 0.597. The fourth-order valence-electron chi connectivity index (χ4n) is 4.05. The first kappa shape index (κ1) is 22.2. The Kier molecular flexibility index (Phi) is 6.81. The van der Waals surface area contributed by atoms with Crippen molar-refractivity contribution in [2.24, 2.45) is 5.92 Å². The molecule has 2 N–H and O–H groups in total. The van der Waals surface area contributed by atoms with Crippen LogP contribution in [-0.4, -0.2) is 41.2 Å². The van der Waals surface area contributed by atoms with E-state index in [1.54, 1.807) is 42.5 Å². The van der Waals surface area contributed by atoms with Gasteiger partial charge in [0.2, 0.25) is 5.43 Å². The lowest BCUT2D eigenvalue weighted by atomic mass is 9.99. The third kappa shape index (κ3) is 5.27. The Labute approximate surface area is 191 Å². The summed E-state index contributed by atoms with van der Waals surface area (Å²) < 4.78 is 5.38. The molecule has 0 atom stereocenters. The van der Waals surface area contributed by atoms with Crippen LogP contribution in [0.1, 0.15) is 29.7 Å². The molecule has 0 unspecified atom stereocenters. The molecule has 1 aromatic heterocycles. The number of nitrogens with one attached hydrogen (secondary N) is 1. The lowest BCUT2D eigenvalue weighted by Crippen LogP contribution is -2.36. The van der Waals surface area contributed by atoms with Gasteiger partial charge in [-0.15, -0.1) is 0 Å². The van der Waals surface area contributed by atoms with Crippen molar-refractivity contribution in [2.45, 2.75) is 19.3 Å². The summed E-state index contributed by atoms with van der Waals surface area (Å²) in [6.45, 7) is 1.71. The van der Waals surface area contributed by atoms with Crippen molar-refractivity contribution in [2.75, 3.05) is 24.7 Å². The van der Waals surface area contributed by atoms with Crippen molar-refractivity contribution in [1.29, 1.82) is 5.26 Å². The van der Waals surface area contributed by atoms with Crippen LogP contribution in [0.5, 0.6) is 0 Å². The van der Waals surface area contributed by atoms with E-state index < -0.39 is 6.09 Å². The number of aromatic amines is 1. The second-order valence-electron chi connectivity index (χ2n) is 8.06. The van der Waals surface area contributed by atoms with Gasteiger partial charge in [-0.25, -0.2) is 4.79 Å². The van der Waals surface area contributed by atoms with Crippen molar-refractivity contribution >= 4 is 11.8 Å². The zero-order valence-corrected chi connectivity index (χ0v) is 18.0. The number of nitrogens with zero attached hydrogens (tertiary/aromatic N) is 3. The summed E-state index contributed by atoms with van der Waals surface area (Å²) in [5, 5.41) is 25.9. The first-order valence-electron chi connectivity index (χ1n) is 10.8. The molecule has 1 amide bonds. The average Bonchev–Trinajstić information content (AvgIpc) is 2.84. The molecule has 168 valence electrons. The summed E-state index contributed by atoms with van der Waals surface area (Å²) in [7, 11) is 0. The molecule has 0 bridgehead atoms. The van der Waals surface area contributed by atoms with E-state index in [9.17, 15) is 14.7 Å². The number of anilines is 1. The molecule has 1 aliphatic heterocycles. The van der Waals surface area contributed by atoms with E-state index in [-0.39, 0.29) is 17.8 Å². The third-order valence-corrected chi connectivity index (χ3v) is 5.82. The number of carboxylic acid groups (broad SMARTS) is 1. The molecule has 1 aliphatic rings. The molecule has 0 saturated carbocycles. The summed E-state index contributed by atoms with van der Waals surface area (Å²) in [6.07, 6.45) is 2.44. The molecule has 1 fully saturated rings. The average molecular weight is 444 g/mol. The molecule has 0 spiro atoms. The van der Waals surface area contributed by atoms with Crippen molar-refractivity contribution in [3.63, 3.8) is 0 Å². The van der Waals surface area contributed by atoms with E-state index in [0.29, 0.717) is 47.8 Å². The molecular weight excluding hydrogens is 420 g/mol. The van der Waals surface area contributed by atoms with Gasteiger partial charge in [0, 0.05) is 43.6 Å². The lowest BCUT2D eigenvalue weighted by molar-refractivity contribution is 0.0680. The van der Waals surface area contributed by atoms with Gasteiger partial charge in [-0.1, -0.05) is 24.3 Å². The van der Waals surface area contributed by atoms with Crippen LogP contribution in [0.25, 0.3) is 11.1 Å². The Morgan fingerprint density at radius 1 is 1.21 bits per heavy atom. The molecule has 2 aromatic carbocycles. The topological polar surface area (TPSA) is 119 Å². The summed E-state index contributed by atoms with van der Waals surface area (Å²) >= 11 is 0. The Bertz CT molecular complexity index is 1240. The van der Waals surface area contributed by atoms with E-state index in [4.69, 9.17) is 10.00 Å². The number of carbonyl (C=O) groups is 1.